The normalized spacial score (nSPS) is 19.5. The molecule has 1 fully saturated rings. The summed E-state index contributed by atoms with van der Waals surface area (Å²) in [5, 5.41) is 7.58. The van der Waals surface area contributed by atoms with E-state index >= 15 is 0 Å². The number of nitrogens with one attached hydrogen (secondary N) is 1. The molecule has 0 bridgehead atoms. The molecule has 0 saturated heterocycles. The number of fused-ring (bicyclic) bond motifs is 2. The van der Waals surface area contributed by atoms with Crippen LogP contribution in [0.1, 0.15) is 43.6 Å². The minimum Gasteiger partial charge on any atom is -0.611 e. The van der Waals surface area contributed by atoms with E-state index in [9.17, 15) is 9.46 Å². The Hall–Kier alpha value is -2.65. The summed E-state index contributed by atoms with van der Waals surface area (Å²) in [6.07, 6.45) is 3.29. The zero-order valence-electron chi connectivity index (χ0n) is 18.3. The summed E-state index contributed by atoms with van der Waals surface area (Å²) in [7, 11) is 1.97. The Labute approximate surface area is 190 Å². The molecule has 0 radical (unpaired) electrons. The zero-order valence-corrected chi connectivity index (χ0v) is 19.2. The first-order valence-corrected chi connectivity index (χ1v) is 12.4. The Morgan fingerprint density at radius 3 is 2.91 bits per heavy atom. The fourth-order valence-electron chi connectivity index (χ4n) is 4.16. The highest BCUT2D eigenvalue weighted by Gasteiger charge is 2.46. The van der Waals surface area contributed by atoms with Gasteiger partial charge in [-0.15, -0.1) is 0 Å². The molecule has 3 heterocycles. The van der Waals surface area contributed by atoms with E-state index in [-0.39, 0.29) is 18.0 Å². The number of nitrogens with zero attached hydrogens (tertiary/aromatic N) is 4. The largest absolute Gasteiger partial charge is 0.611 e. The summed E-state index contributed by atoms with van der Waals surface area (Å²) in [5.74, 6) is 2.99. The number of hydrogen-bond acceptors (Lipinski definition) is 8. The monoisotopic (exact) mass is 453 g/mol. The van der Waals surface area contributed by atoms with Gasteiger partial charge in [0.25, 0.3) is 0 Å². The number of rotatable bonds is 9. The van der Waals surface area contributed by atoms with Crippen LogP contribution in [0.5, 0.6) is 0 Å². The van der Waals surface area contributed by atoms with Gasteiger partial charge >= 0.3 is 0 Å². The molecule has 1 unspecified atom stereocenters. The van der Waals surface area contributed by atoms with Gasteiger partial charge < -0.3 is 19.2 Å². The van der Waals surface area contributed by atoms with Crippen LogP contribution in [0.15, 0.2) is 44.8 Å². The lowest BCUT2D eigenvalue weighted by Gasteiger charge is -2.22. The van der Waals surface area contributed by atoms with Crippen LogP contribution in [-0.4, -0.2) is 45.9 Å². The zero-order chi connectivity index (χ0) is 22.3. The van der Waals surface area contributed by atoms with Crippen molar-refractivity contribution in [2.24, 2.45) is 5.18 Å². The third kappa shape index (κ3) is 4.06. The number of aromatic nitrogens is 2. The smallest absolute Gasteiger partial charge is 0.227 e. The first-order chi connectivity index (χ1) is 15.5. The van der Waals surface area contributed by atoms with Crippen LogP contribution in [0.3, 0.4) is 0 Å². The molecule has 32 heavy (non-hydrogen) atoms. The van der Waals surface area contributed by atoms with Crippen molar-refractivity contribution in [3.63, 3.8) is 0 Å². The summed E-state index contributed by atoms with van der Waals surface area (Å²) in [4.78, 5) is 23.0. The van der Waals surface area contributed by atoms with Crippen molar-refractivity contribution < 1.29 is 8.97 Å². The van der Waals surface area contributed by atoms with Gasteiger partial charge in [-0.25, -0.2) is 4.98 Å². The minimum absolute atomic E-state index is 0.193. The van der Waals surface area contributed by atoms with Crippen LogP contribution in [0.25, 0.3) is 11.0 Å². The molecule has 1 aromatic carbocycles. The molecule has 1 N–H and O–H groups in total. The molecule has 1 saturated carbocycles. The predicted octanol–water partition coefficient (Wildman–Crippen LogP) is 4.23. The van der Waals surface area contributed by atoms with E-state index in [1.807, 2.05) is 30.1 Å². The van der Waals surface area contributed by atoms with E-state index in [4.69, 9.17) is 14.4 Å². The Balaban J connectivity index is 1.32. The van der Waals surface area contributed by atoms with Crippen molar-refractivity contribution >= 4 is 33.9 Å². The number of anilines is 2. The first kappa shape index (κ1) is 21.2. The van der Waals surface area contributed by atoms with Gasteiger partial charge in [0.1, 0.15) is 29.3 Å². The average Bonchev–Trinajstić information content (AvgIpc) is 3.22. The Bertz CT molecular complexity index is 1110. The number of nitroso groups, excluding NO2 is 1. The molecule has 5 rings (SSSR count). The third-order valence-corrected chi connectivity index (χ3v) is 7.91. The van der Waals surface area contributed by atoms with Crippen LogP contribution in [0, 0.1) is 4.91 Å². The van der Waals surface area contributed by atoms with E-state index in [1.54, 1.807) is 0 Å². The molecule has 1 aliphatic heterocycles. The third-order valence-electron chi connectivity index (χ3n) is 6.45. The number of benzene rings is 1. The van der Waals surface area contributed by atoms with Gasteiger partial charge in [-0.3, -0.25) is 0 Å². The second kappa shape index (κ2) is 8.37. The van der Waals surface area contributed by atoms with E-state index in [0.29, 0.717) is 28.8 Å². The maximum Gasteiger partial charge on any atom is 0.227 e. The molecule has 0 amide bonds. The highest BCUT2D eigenvalue weighted by Crippen LogP contribution is 2.42. The van der Waals surface area contributed by atoms with E-state index < -0.39 is 11.2 Å². The summed E-state index contributed by atoms with van der Waals surface area (Å²) < 4.78 is 18.6. The van der Waals surface area contributed by atoms with E-state index in [2.05, 4.69) is 29.6 Å². The van der Waals surface area contributed by atoms with Crippen LogP contribution < -0.4 is 10.2 Å². The van der Waals surface area contributed by atoms with Crippen LogP contribution in [0.4, 0.5) is 11.8 Å². The van der Waals surface area contributed by atoms with Crippen LogP contribution >= 0.6 is 0 Å². The summed E-state index contributed by atoms with van der Waals surface area (Å²) >= 11 is -1.11. The number of para-hydroxylation sites is 1. The predicted molar refractivity (Wildman–Crippen MR) is 126 cm³/mol. The van der Waals surface area contributed by atoms with Crippen molar-refractivity contribution in [3.8, 4) is 0 Å². The van der Waals surface area contributed by atoms with Gasteiger partial charge in [-0.05, 0) is 42.6 Å². The van der Waals surface area contributed by atoms with Gasteiger partial charge in [-0.1, -0.05) is 30.3 Å². The molecule has 2 atom stereocenters. The second-order valence-electron chi connectivity index (χ2n) is 8.94. The highest BCUT2D eigenvalue weighted by molar-refractivity contribution is 7.91. The maximum atomic E-state index is 12.6. The van der Waals surface area contributed by atoms with Gasteiger partial charge in [0, 0.05) is 31.3 Å². The Morgan fingerprint density at radius 1 is 1.34 bits per heavy atom. The molecule has 168 valence electrons. The highest BCUT2D eigenvalue weighted by atomic mass is 32.2. The van der Waals surface area contributed by atoms with Crippen LogP contribution in [0.2, 0.25) is 0 Å². The molecule has 2 aliphatic rings. The fourth-order valence-corrected chi connectivity index (χ4v) is 5.47. The van der Waals surface area contributed by atoms with Gasteiger partial charge in [0.15, 0.2) is 5.82 Å². The van der Waals surface area contributed by atoms with Gasteiger partial charge in [0.05, 0.1) is 5.54 Å². The molecular weight excluding hydrogens is 426 g/mol. The van der Waals surface area contributed by atoms with E-state index in [0.717, 1.165) is 48.2 Å². The lowest BCUT2D eigenvalue weighted by Crippen LogP contribution is -2.28. The van der Waals surface area contributed by atoms with Crippen LogP contribution in [-0.2, 0) is 17.6 Å². The molecule has 3 aromatic rings. The van der Waals surface area contributed by atoms with Crippen molar-refractivity contribution in [1.82, 2.24) is 9.97 Å². The topological polar surface area (TPSA) is 107 Å². The molecule has 0 spiro atoms. The SMILES string of the molecule is CC(CCN(C)c1nc2c(c(NC3(CN=O)CC3)n1)[S@@+]([O-])CC2)c1cc2ccccc2o1. The molecule has 8 nitrogen and oxygen atoms in total. The van der Waals surface area contributed by atoms with Gasteiger partial charge in [0.2, 0.25) is 10.8 Å². The molecule has 9 heteroatoms. The Morgan fingerprint density at radius 2 is 2.16 bits per heavy atom. The number of furan rings is 1. The maximum absolute atomic E-state index is 12.6. The Kier molecular flexibility index (Phi) is 5.54. The summed E-state index contributed by atoms with van der Waals surface area (Å²) in [6, 6.07) is 10.2. The number of aryl methyl sites for hydroxylation is 1. The summed E-state index contributed by atoms with van der Waals surface area (Å²) in [5.41, 5.74) is 1.40. The average molecular weight is 454 g/mol. The molecule has 1 aliphatic carbocycles. The number of hydrogen-bond donors (Lipinski definition) is 1. The van der Waals surface area contributed by atoms with Crippen molar-refractivity contribution in [1.29, 1.82) is 0 Å². The summed E-state index contributed by atoms with van der Waals surface area (Å²) in [6.45, 7) is 3.10. The van der Waals surface area contributed by atoms with Crippen molar-refractivity contribution in [2.75, 3.05) is 36.1 Å². The molecule has 2 aromatic heterocycles. The van der Waals surface area contributed by atoms with Gasteiger partial charge in [-0.2, -0.15) is 9.89 Å². The second-order valence-corrected chi connectivity index (χ2v) is 10.4. The molecular formula is C23H27N5O3S. The standard InChI is InChI=1S/C23H27N5O3S/c1-15(19-13-16-5-3-4-6-18(16)31-19)7-11-28(2)22-25-17-8-12-32(30)20(17)21(26-22)27-23(9-10-23)14-24-29/h3-6,13,15H,7-12,14H2,1-2H3,(H,25,26,27)/t15?,32-/m0/s1. The quantitative estimate of drug-likeness (QED) is 0.382. The first-order valence-electron chi connectivity index (χ1n) is 11.0. The van der Waals surface area contributed by atoms with Crippen molar-refractivity contribution in [2.45, 2.75) is 49.0 Å². The van der Waals surface area contributed by atoms with E-state index in [1.165, 1.54) is 0 Å². The lowest BCUT2D eigenvalue weighted by atomic mass is 10.0. The minimum atomic E-state index is -1.11. The van der Waals surface area contributed by atoms with Crippen molar-refractivity contribution in [3.05, 3.63) is 46.7 Å². The fraction of sp³-hybridized carbons (Fsp3) is 0.478. The lowest BCUT2D eigenvalue weighted by molar-refractivity contribution is 0.489.